The van der Waals surface area contributed by atoms with Crippen LogP contribution in [-0.4, -0.2) is 59.4 Å². The second-order valence-electron chi connectivity index (χ2n) is 7.20. The van der Waals surface area contributed by atoms with E-state index in [2.05, 4.69) is 4.98 Å². The van der Waals surface area contributed by atoms with Crippen LogP contribution in [0.4, 0.5) is 0 Å². The number of methoxy groups -OCH3 is 1. The molecule has 0 N–H and O–H groups in total. The second-order valence-corrected chi connectivity index (χ2v) is 7.20. The van der Waals surface area contributed by atoms with Crippen molar-refractivity contribution < 1.29 is 19.1 Å². The Morgan fingerprint density at radius 2 is 2.00 bits per heavy atom. The minimum absolute atomic E-state index is 0.0203. The Labute approximate surface area is 163 Å². The monoisotopic (exact) mass is 381 g/mol. The largest absolute Gasteiger partial charge is 0.497 e. The van der Waals surface area contributed by atoms with E-state index in [-0.39, 0.29) is 30.3 Å². The molecule has 2 saturated heterocycles. The summed E-state index contributed by atoms with van der Waals surface area (Å²) in [6.07, 6.45) is 3.70. The molecule has 7 nitrogen and oxygen atoms in total. The van der Waals surface area contributed by atoms with Gasteiger partial charge < -0.3 is 19.3 Å². The van der Waals surface area contributed by atoms with Crippen LogP contribution in [0.25, 0.3) is 0 Å². The lowest BCUT2D eigenvalue weighted by Crippen LogP contribution is -2.57. The first-order chi connectivity index (χ1) is 13.6. The third-order valence-electron chi connectivity index (χ3n) is 5.16. The van der Waals surface area contributed by atoms with Gasteiger partial charge in [0.25, 0.3) is 0 Å². The fraction of sp³-hybridized carbons (Fsp3) is 0.381. The number of ether oxygens (including phenoxy) is 2. The second kappa shape index (κ2) is 7.88. The quantitative estimate of drug-likeness (QED) is 0.762. The maximum atomic E-state index is 12.7. The van der Waals surface area contributed by atoms with Crippen LogP contribution in [0.15, 0.2) is 48.8 Å². The predicted molar refractivity (Wildman–Crippen MR) is 102 cm³/mol. The fourth-order valence-electron chi connectivity index (χ4n) is 3.62. The van der Waals surface area contributed by atoms with Crippen molar-refractivity contribution in [2.45, 2.75) is 19.1 Å². The summed E-state index contributed by atoms with van der Waals surface area (Å²) in [5.41, 5.74) is 0.972. The highest BCUT2D eigenvalue weighted by molar-refractivity contribution is 5.89. The third-order valence-corrected chi connectivity index (χ3v) is 5.16. The molecule has 0 spiro atoms. The number of nitrogens with zero attached hydrogens (tertiary/aromatic N) is 3. The fourth-order valence-corrected chi connectivity index (χ4v) is 3.62. The zero-order valence-electron chi connectivity index (χ0n) is 15.8. The molecule has 0 radical (unpaired) electrons. The Balaban J connectivity index is 1.27. The first-order valence-corrected chi connectivity index (χ1v) is 9.38. The predicted octanol–water partition coefficient (Wildman–Crippen LogP) is 1.73. The average molecular weight is 381 g/mol. The zero-order chi connectivity index (χ0) is 19.5. The normalized spacial score (nSPS) is 19.5. The molecule has 0 aliphatic carbocycles. The minimum atomic E-state index is -0.276. The van der Waals surface area contributed by atoms with Crippen LogP contribution in [0.2, 0.25) is 0 Å². The van der Waals surface area contributed by atoms with Gasteiger partial charge in [-0.25, -0.2) is 0 Å². The zero-order valence-corrected chi connectivity index (χ0v) is 15.8. The Morgan fingerprint density at radius 3 is 2.75 bits per heavy atom. The molecule has 3 heterocycles. The van der Waals surface area contributed by atoms with Crippen LogP contribution in [-0.2, 0) is 16.1 Å². The van der Waals surface area contributed by atoms with Gasteiger partial charge in [0.1, 0.15) is 17.6 Å². The molecule has 0 saturated carbocycles. The number of rotatable bonds is 6. The Morgan fingerprint density at radius 1 is 1.18 bits per heavy atom. The Bertz CT molecular complexity index is 852. The summed E-state index contributed by atoms with van der Waals surface area (Å²) < 4.78 is 11.1. The number of amides is 2. The molecular weight excluding hydrogens is 358 g/mol. The van der Waals surface area contributed by atoms with Crippen molar-refractivity contribution >= 4 is 11.8 Å². The SMILES string of the molecule is COc1cccc(OC2CN(C(=O)[C@@H]3CC(=O)N(Cc4cccnc4)C3)C2)c1. The summed E-state index contributed by atoms with van der Waals surface area (Å²) in [6, 6.07) is 11.2. The van der Waals surface area contributed by atoms with E-state index in [4.69, 9.17) is 9.47 Å². The lowest BCUT2D eigenvalue weighted by Gasteiger charge is -2.40. The van der Waals surface area contributed by atoms with Crippen molar-refractivity contribution in [1.82, 2.24) is 14.8 Å². The molecule has 2 aliphatic heterocycles. The topological polar surface area (TPSA) is 72.0 Å². The molecule has 2 fully saturated rings. The highest BCUT2D eigenvalue weighted by Gasteiger charge is 2.41. The summed E-state index contributed by atoms with van der Waals surface area (Å²) in [6.45, 7) is 2.05. The molecule has 28 heavy (non-hydrogen) atoms. The summed E-state index contributed by atoms with van der Waals surface area (Å²) in [4.78, 5) is 32.6. The van der Waals surface area contributed by atoms with Crippen LogP contribution >= 0.6 is 0 Å². The molecule has 1 atom stereocenters. The maximum Gasteiger partial charge on any atom is 0.228 e. The van der Waals surface area contributed by atoms with Crippen molar-refractivity contribution in [2.75, 3.05) is 26.7 Å². The maximum absolute atomic E-state index is 12.7. The van der Waals surface area contributed by atoms with Crippen molar-refractivity contribution in [3.63, 3.8) is 0 Å². The molecule has 1 aromatic heterocycles. The molecule has 2 aromatic rings. The number of carbonyl (C=O) groups is 2. The van der Waals surface area contributed by atoms with Gasteiger partial charge in [0.15, 0.2) is 0 Å². The van der Waals surface area contributed by atoms with Crippen LogP contribution in [0, 0.1) is 5.92 Å². The number of aromatic nitrogens is 1. The van der Waals surface area contributed by atoms with E-state index in [0.717, 1.165) is 17.1 Å². The van der Waals surface area contributed by atoms with Crippen LogP contribution in [0.5, 0.6) is 11.5 Å². The summed E-state index contributed by atoms with van der Waals surface area (Å²) in [7, 11) is 1.61. The van der Waals surface area contributed by atoms with E-state index in [0.29, 0.717) is 26.2 Å². The molecule has 0 bridgehead atoms. The highest BCUT2D eigenvalue weighted by atomic mass is 16.5. The summed E-state index contributed by atoms with van der Waals surface area (Å²) in [5, 5.41) is 0. The molecule has 4 rings (SSSR count). The number of benzene rings is 1. The van der Waals surface area contributed by atoms with Crippen LogP contribution < -0.4 is 9.47 Å². The molecule has 146 valence electrons. The molecule has 2 aliphatic rings. The van der Waals surface area contributed by atoms with Crippen molar-refractivity contribution in [1.29, 1.82) is 0 Å². The van der Waals surface area contributed by atoms with E-state index in [9.17, 15) is 9.59 Å². The van der Waals surface area contributed by atoms with Gasteiger partial charge in [-0.15, -0.1) is 0 Å². The molecule has 7 heteroatoms. The Hall–Kier alpha value is -3.09. The molecular formula is C21H23N3O4. The first kappa shape index (κ1) is 18.3. The number of carbonyl (C=O) groups excluding carboxylic acids is 2. The lowest BCUT2D eigenvalue weighted by molar-refractivity contribution is -0.144. The van der Waals surface area contributed by atoms with E-state index in [1.165, 1.54) is 0 Å². The average Bonchev–Trinajstić information content (AvgIpc) is 3.05. The van der Waals surface area contributed by atoms with E-state index >= 15 is 0 Å². The Kier molecular flexibility index (Phi) is 5.14. The third kappa shape index (κ3) is 3.93. The standard InChI is InChI=1S/C21H23N3O4/c1-27-17-5-2-6-18(9-17)28-19-13-24(14-19)21(26)16-8-20(25)23(12-16)11-15-4-3-7-22-10-15/h2-7,9-10,16,19H,8,11-14H2,1H3/t16-/m1/s1. The van der Waals surface area contributed by atoms with E-state index in [1.54, 1.807) is 29.3 Å². The highest BCUT2D eigenvalue weighted by Crippen LogP contribution is 2.26. The summed E-state index contributed by atoms with van der Waals surface area (Å²) >= 11 is 0. The van der Waals surface area contributed by atoms with Gasteiger partial charge in [0.2, 0.25) is 11.8 Å². The van der Waals surface area contributed by atoms with Crippen LogP contribution in [0.1, 0.15) is 12.0 Å². The molecule has 0 unspecified atom stereocenters. The molecule has 2 amide bonds. The first-order valence-electron chi connectivity index (χ1n) is 9.38. The summed E-state index contributed by atoms with van der Waals surface area (Å²) in [5.74, 6) is 1.25. The van der Waals surface area contributed by atoms with Crippen LogP contribution in [0.3, 0.4) is 0 Å². The number of likely N-dealkylation sites (tertiary alicyclic amines) is 2. The molecule has 1 aromatic carbocycles. The number of pyridine rings is 1. The van der Waals surface area contributed by atoms with Gasteiger partial charge in [0, 0.05) is 38.0 Å². The van der Waals surface area contributed by atoms with Gasteiger partial charge in [-0.3, -0.25) is 14.6 Å². The lowest BCUT2D eigenvalue weighted by atomic mass is 10.0. The number of hydrogen-bond acceptors (Lipinski definition) is 5. The van der Waals surface area contributed by atoms with Crippen molar-refractivity contribution in [3.05, 3.63) is 54.4 Å². The number of hydrogen-bond donors (Lipinski definition) is 0. The van der Waals surface area contributed by atoms with Gasteiger partial charge >= 0.3 is 0 Å². The van der Waals surface area contributed by atoms with Gasteiger partial charge in [-0.05, 0) is 23.8 Å². The van der Waals surface area contributed by atoms with E-state index in [1.807, 2.05) is 36.4 Å². The van der Waals surface area contributed by atoms with Crippen molar-refractivity contribution in [3.8, 4) is 11.5 Å². The van der Waals surface area contributed by atoms with Crippen molar-refractivity contribution in [2.24, 2.45) is 5.92 Å². The minimum Gasteiger partial charge on any atom is -0.497 e. The van der Waals surface area contributed by atoms with E-state index < -0.39 is 0 Å². The van der Waals surface area contributed by atoms with Gasteiger partial charge in [-0.1, -0.05) is 12.1 Å². The van der Waals surface area contributed by atoms with Gasteiger partial charge in [-0.2, -0.15) is 0 Å². The van der Waals surface area contributed by atoms with Gasteiger partial charge in [0.05, 0.1) is 26.1 Å². The smallest absolute Gasteiger partial charge is 0.228 e.